The molecule has 0 amide bonds. The van der Waals surface area contributed by atoms with E-state index in [0.29, 0.717) is 11.1 Å². The number of hydrogen-bond donors (Lipinski definition) is 3. The summed E-state index contributed by atoms with van der Waals surface area (Å²) in [5.74, 6) is -1.67. The van der Waals surface area contributed by atoms with Crippen molar-refractivity contribution in [3.8, 4) is 6.07 Å². The van der Waals surface area contributed by atoms with Crippen LogP contribution in [0.5, 0.6) is 0 Å². The molecule has 15 heteroatoms. The number of carbonyl (C=O) groups is 3. The van der Waals surface area contributed by atoms with Gasteiger partial charge in [-0.2, -0.15) is 5.26 Å². The first-order valence-electron chi connectivity index (χ1n) is 13.5. The van der Waals surface area contributed by atoms with Crippen LogP contribution >= 0.6 is 47.8 Å². The molecule has 11 nitrogen and oxygen atoms in total. The van der Waals surface area contributed by atoms with Gasteiger partial charge in [0.2, 0.25) is 0 Å². The number of halogens is 3. The van der Waals surface area contributed by atoms with E-state index >= 15 is 0 Å². The van der Waals surface area contributed by atoms with Crippen molar-refractivity contribution in [3.05, 3.63) is 121 Å². The summed E-state index contributed by atoms with van der Waals surface area (Å²) in [6, 6.07) is 24.5. The molecule has 6 aromatic rings. The summed E-state index contributed by atoms with van der Waals surface area (Å²) in [5.41, 5.74) is 4.34. The van der Waals surface area contributed by atoms with Gasteiger partial charge in [0.1, 0.15) is 6.07 Å². The largest absolute Gasteiger partial charge is 0.481 e. The fourth-order valence-electron chi connectivity index (χ4n) is 3.81. The number of carbonyl (C=O) groups excluding carboxylic acids is 1. The fourth-order valence-corrected chi connectivity index (χ4v) is 5.17. The third-order valence-corrected chi connectivity index (χ3v) is 7.73. The van der Waals surface area contributed by atoms with Crippen LogP contribution in [-0.2, 0) is 26.7 Å². The van der Waals surface area contributed by atoms with E-state index < -0.39 is 11.9 Å². The summed E-state index contributed by atoms with van der Waals surface area (Å²) in [6.07, 6.45) is 7.28. The molecule has 3 aromatic carbocycles. The minimum absolute atomic E-state index is 0. The molecule has 0 aliphatic heterocycles. The van der Waals surface area contributed by atoms with E-state index in [9.17, 15) is 4.79 Å². The second-order valence-corrected chi connectivity index (χ2v) is 11.6. The molecular formula is C34H26Br3CuN5O6. The van der Waals surface area contributed by atoms with E-state index in [4.69, 9.17) is 30.3 Å². The second-order valence-electron chi connectivity index (χ2n) is 9.08. The molecule has 255 valence electrons. The first-order chi connectivity index (χ1) is 22.9. The Morgan fingerprint density at radius 2 is 1.06 bits per heavy atom. The number of hydrogen-bond acceptors (Lipinski definition) is 9. The second kappa shape index (κ2) is 22.1. The van der Waals surface area contributed by atoms with Crippen LogP contribution in [0.4, 0.5) is 0 Å². The Morgan fingerprint density at radius 3 is 1.47 bits per heavy atom. The molecule has 1 radical (unpaired) electrons. The molecule has 3 heterocycles. The summed E-state index contributed by atoms with van der Waals surface area (Å²) >= 11 is 10.3. The third kappa shape index (κ3) is 13.4. The van der Waals surface area contributed by atoms with E-state index in [1.54, 1.807) is 30.7 Å². The molecule has 3 aromatic heterocycles. The van der Waals surface area contributed by atoms with Crippen LogP contribution in [0.2, 0.25) is 0 Å². The zero-order valence-corrected chi connectivity index (χ0v) is 31.3. The van der Waals surface area contributed by atoms with Crippen LogP contribution in [0, 0.1) is 11.3 Å². The molecule has 0 aliphatic rings. The first-order valence-corrected chi connectivity index (χ1v) is 15.8. The maximum absolute atomic E-state index is 10.7. The molecule has 0 saturated carbocycles. The zero-order valence-electron chi connectivity index (χ0n) is 25.6. The van der Waals surface area contributed by atoms with Crippen LogP contribution in [0.25, 0.3) is 32.7 Å². The average molecular weight is 904 g/mol. The number of benzene rings is 3. The topological polar surface area (TPSA) is 187 Å². The number of aldehydes is 1. The number of carboxylic acid groups (broad SMARTS) is 2. The number of rotatable bonds is 2. The van der Waals surface area contributed by atoms with Gasteiger partial charge in [0.15, 0.2) is 6.29 Å². The molecular weight excluding hydrogens is 878 g/mol. The summed E-state index contributed by atoms with van der Waals surface area (Å²) < 4.78 is 2.91. The minimum Gasteiger partial charge on any atom is -0.481 e. The Hall–Kier alpha value is -4.58. The third-order valence-electron chi connectivity index (χ3n) is 5.66. The van der Waals surface area contributed by atoms with Crippen molar-refractivity contribution < 1.29 is 46.9 Å². The van der Waals surface area contributed by atoms with Gasteiger partial charge in [0.25, 0.3) is 11.9 Å². The normalized spacial score (nSPS) is 9.55. The minimum atomic E-state index is -0.833. The maximum Gasteiger partial charge on any atom is 0.300 e. The van der Waals surface area contributed by atoms with Crippen LogP contribution in [0.3, 0.4) is 0 Å². The molecule has 0 atom stereocenters. The van der Waals surface area contributed by atoms with Crippen molar-refractivity contribution in [1.29, 1.82) is 5.26 Å². The van der Waals surface area contributed by atoms with E-state index in [-0.39, 0.29) is 17.1 Å². The zero-order chi connectivity index (χ0) is 35.6. The number of pyridine rings is 3. The van der Waals surface area contributed by atoms with Crippen LogP contribution in [-0.4, -0.2) is 54.8 Å². The van der Waals surface area contributed by atoms with E-state index in [0.717, 1.165) is 71.8 Å². The molecule has 0 bridgehead atoms. The summed E-state index contributed by atoms with van der Waals surface area (Å²) in [4.78, 5) is 41.2. The van der Waals surface area contributed by atoms with Crippen molar-refractivity contribution in [2.75, 3.05) is 0 Å². The van der Waals surface area contributed by atoms with Gasteiger partial charge in [-0.3, -0.25) is 29.3 Å². The van der Waals surface area contributed by atoms with Gasteiger partial charge < -0.3 is 15.4 Å². The molecule has 0 aliphatic carbocycles. The average Bonchev–Trinajstić information content (AvgIpc) is 3.07. The van der Waals surface area contributed by atoms with E-state index in [1.807, 2.05) is 60.7 Å². The Kier molecular flexibility index (Phi) is 19.2. The fraction of sp³-hybridized carbons (Fsp3) is 0.0588. The molecule has 49 heavy (non-hydrogen) atoms. The number of nitriles is 1. The van der Waals surface area contributed by atoms with Crippen molar-refractivity contribution in [2.24, 2.45) is 5.16 Å². The monoisotopic (exact) mass is 900 g/mol. The predicted octanol–water partition coefficient (Wildman–Crippen LogP) is 8.66. The van der Waals surface area contributed by atoms with Gasteiger partial charge in [0.05, 0.1) is 28.3 Å². The smallest absolute Gasteiger partial charge is 0.300 e. The van der Waals surface area contributed by atoms with Crippen molar-refractivity contribution >= 4 is 105 Å². The van der Waals surface area contributed by atoms with Crippen LogP contribution in [0.1, 0.15) is 35.3 Å². The van der Waals surface area contributed by atoms with Crippen molar-refractivity contribution in [2.45, 2.75) is 13.8 Å². The summed E-state index contributed by atoms with van der Waals surface area (Å²) in [7, 11) is 0. The van der Waals surface area contributed by atoms with Crippen LogP contribution < -0.4 is 0 Å². The standard InChI is InChI=1S/C10H7BrN2O.C10H5BrN2.C10H6BrNO.2C2H4O2.Cu/c11-9-4-3-7(6-13-14)10-8(9)2-1-5-12-10;11-9-4-3-7(6-12)10-8(9)2-1-5-13-10;11-9-4-3-7(6-13)10-8(9)2-1-5-12-10;2*1-2(3)4;/h1-6,14H;1-5H;1-6H;2*1H3,(H,3,4);/b13-6+;;;;;. The summed E-state index contributed by atoms with van der Waals surface area (Å²) in [6.45, 7) is 2.17. The number of oxime groups is 1. The Balaban J connectivity index is 0.000000328. The predicted molar refractivity (Wildman–Crippen MR) is 194 cm³/mol. The van der Waals surface area contributed by atoms with Crippen LogP contribution in [0.15, 0.2) is 110 Å². The van der Waals surface area contributed by atoms with Crippen molar-refractivity contribution in [3.63, 3.8) is 0 Å². The van der Waals surface area contributed by atoms with E-state index in [1.165, 1.54) is 6.21 Å². The number of carboxylic acids is 2. The van der Waals surface area contributed by atoms with Gasteiger partial charge >= 0.3 is 0 Å². The van der Waals surface area contributed by atoms with Gasteiger partial charge in [-0.05, 0) is 54.6 Å². The number of aliphatic carboxylic acids is 2. The quantitative estimate of drug-likeness (QED) is 0.0499. The Labute approximate surface area is 316 Å². The number of fused-ring (bicyclic) bond motifs is 3. The van der Waals surface area contributed by atoms with Gasteiger partial charge in [-0.15, -0.1) is 0 Å². The Bertz CT molecular complexity index is 2110. The van der Waals surface area contributed by atoms with Gasteiger partial charge in [-0.1, -0.05) is 71.1 Å². The molecule has 0 spiro atoms. The molecule has 0 fully saturated rings. The van der Waals surface area contributed by atoms with Gasteiger partial charge in [0, 0.05) is 90.2 Å². The van der Waals surface area contributed by atoms with Crippen molar-refractivity contribution in [1.82, 2.24) is 15.0 Å². The first kappa shape index (κ1) is 42.4. The number of aromatic nitrogens is 3. The van der Waals surface area contributed by atoms with Gasteiger partial charge in [-0.25, -0.2) is 0 Å². The Morgan fingerprint density at radius 1 is 0.694 bits per heavy atom. The molecule has 3 N–H and O–H groups in total. The van der Waals surface area contributed by atoms with E-state index in [2.05, 4.69) is 74.0 Å². The number of nitrogens with zero attached hydrogens (tertiary/aromatic N) is 5. The summed E-state index contributed by atoms with van der Waals surface area (Å²) in [5, 5.41) is 38.1. The molecule has 0 unspecified atom stereocenters. The molecule has 6 rings (SSSR count). The SMILES string of the molecule is CC(=O)O.CC(=O)O.N#Cc1ccc(Br)c2cccnc12.O/N=C/c1ccc(Br)c2cccnc12.O=Cc1ccc(Br)c2cccnc12.[Cu]. The molecule has 0 saturated heterocycles. The maximum atomic E-state index is 10.7.